The molecular weight excluding hydrogens is 360 g/mol. The third-order valence-electron chi connectivity index (χ3n) is 6.77. The Bertz CT molecular complexity index is 800. The van der Waals surface area contributed by atoms with E-state index in [9.17, 15) is 4.79 Å². The number of nitrogens with one attached hydrogen (secondary N) is 3. The standard InChI is InChI=1S/C24H36N4O/c1-2-3-6-13-28-14-11-18(12-15-28)22-17-25-23-10-9-20(16-21(22)23)27-24(29)26-19-7-4-5-8-19/h9-10,16-19,25H,2-8,11-15H2,1H3,(H2,26,27,29). The van der Waals surface area contributed by atoms with E-state index < -0.39 is 0 Å². The molecule has 1 aromatic carbocycles. The normalized spacial score (nSPS) is 19.1. The lowest BCUT2D eigenvalue weighted by atomic mass is 9.89. The van der Waals surface area contributed by atoms with Crippen molar-refractivity contribution < 1.29 is 4.79 Å². The van der Waals surface area contributed by atoms with Gasteiger partial charge in [-0.05, 0) is 81.4 Å². The molecule has 2 amide bonds. The molecule has 5 heteroatoms. The highest BCUT2D eigenvalue weighted by Gasteiger charge is 2.23. The Balaban J connectivity index is 1.38. The third-order valence-corrected chi connectivity index (χ3v) is 6.77. The van der Waals surface area contributed by atoms with Crippen LogP contribution in [0.15, 0.2) is 24.4 Å². The van der Waals surface area contributed by atoms with Gasteiger partial charge in [0.2, 0.25) is 0 Å². The highest BCUT2D eigenvalue weighted by atomic mass is 16.2. The number of urea groups is 1. The predicted octanol–water partition coefficient (Wildman–Crippen LogP) is 5.60. The first kappa shape index (κ1) is 20.3. The molecule has 29 heavy (non-hydrogen) atoms. The fraction of sp³-hybridized carbons (Fsp3) is 0.625. The zero-order valence-electron chi connectivity index (χ0n) is 17.8. The number of amides is 2. The number of unbranched alkanes of at least 4 members (excludes halogenated alkanes) is 2. The molecule has 4 rings (SSSR count). The smallest absolute Gasteiger partial charge is 0.319 e. The molecular formula is C24H36N4O. The van der Waals surface area contributed by atoms with Gasteiger partial charge >= 0.3 is 6.03 Å². The van der Waals surface area contributed by atoms with Crippen LogP contribution in [0.2, 0.25) is 0 Å². The Labute approximate surface area is 174 Å². The van der Waals surface area contributed by atoms with Gasteiger partial charge in [0, 0.05) is 28.8 Å². The summed E-state index contributed by atoms with van der Waals surface area (Å²) >= 11 is 0. The van der Waals surface area contributed by atoms with Gasteiger partial charge in [-0.2, -0.15) is 0 Å². The van der Waals surface area contributed by atoms with Crippen molar-refractivity contribution in [3.8, 4) is 0 Å². The first-order valence-electron chi connectivity index (χ1n) is 11.6. The zero-order valence-corrected chi connectivity index (χ0v) is 17.8. The quantitative estimate of drug-likeness (QED) is 0.533. The zero-order chi connectivity index (χ0) is 20.1. The van der Waals surface area contributed by atoms with Gasteiger partial charge < -0.3 is 20.5 Å². The molecule has 0 bridgehead atoms. The molecule has 158 valence electrons. The van der Waals surface area contributed by atoms with Gasteiger partial charge in [0.15, 0.2) is 0 Å². The van der Waals surface area contributed by atoms with Gasteiger partial charge in [0.25, 0.3) is 0 Å². The maximum atomic E-state index is 12.3. The predicted molar refractivity (Wildman–Crippen MR) is 121 cm³/mol. The Morgan fingerprint density at radius 1 is 1.14 bits per heavy atom. The molecule has 0 spiro atoms. The minimum atomic E-state index is -0.0753. The maximum Gasteiger partial charge on any atom is 0.319 e. The largest absolute Gasteiger partial charge is 0.361 e. The summed E-state index contributed by atoms with van der Waals surface area (Å²) in [6, 6.07) is 6.48. The van der Waals surface area contributed by atoms with Gasteiger partial charge in [0.1, 0.15) is 0 Å². The molecule has 2 heterocycles. The molecule has 0 unspecified atom stereocenters. The summed E-state index contributed by atoms with van der Waals surface area (Å²) in [6.07, 6.45) is 13.2. The molecule has 2 aromatic rings. The van der Waals surface area contributed by atoms with E-state index in [-0.39, 0.29) is 6.03 Å². The second-order valence-corrected chi connectivity index (χ2v) is 8.91. The van der Waals surface area contributed by atoms with Crippen LogP contribution in [0.5, 0.6) is 0 Å². The van der Waals surface area contributed by atoms with Gasteiger partial charge in [-0.15, -0.1) is 0 Å². The van der Waals surface area contributed by atoms with Crippen LogP contribution in [0.25, 0.3) is 10.9 Å². The van der Waals surface area contributed by atoms with Gasteiger partial charge in [-0.1, -0.05) is 32.6 Å². The number of carbonyl (C=O) groups excluding carboxylic acids is 1. The van der Waals surface area contributed by atoms with E-state index in [0.717, 1.165) is 24.0 Å². The van der Waals surface area contributed by atoms with Gasteiger partial charge in [-0.25, -0.2) is 4.79 Å². The molecule has 0 atom stereocenters. The molecule has 0 radical (unpaired) electrons. The number of fused-ring (bicyclic) bond motifs is 1. The van der Waals surface area contributed by atoms with Crippen molar-refractivity contribution in [3.63, 3.8) is 0 Å². The van der Waals surface area contributed by atoms with Crippen molar-refractivity contribution in [2.75, 3.05) is 25.0 Å². The fourth-order valence-corrected chi connectivity index (χ4v) is 5.03. The second-order valence-electron chi connectivity index (χ2n) is 8.91. The van der Waals surface area contributed by atoms with Crippen LogP contribution in [0.1, 0.15) is 76.2 Å². The molecule has 3 N–H and O–H groups in total. The number of piperidine rings is 1. The number of likely N-dealkylation sites (tertiary alicyclic amines) is 1. The summed E-state index contributed by atoms with van der Waals surface area (Å²) in [5.74, 6) is 0.605. The molecule has 5 nitrogen and oxygen atoms in total. The van der Waals surface area contributed by atoms with E-state index in [1.807, 2.05) is 6.07 Å². The Hall–Kier alpha value is -2.01. The Morgan fingerprint density at radius 2 is 1.93 bits per heavy atom. The van der Waals surface area contributed by atoms with E-state index in [1.54, 1.807) is 0 Å². The van der Waals surface area contributed by atoms with Crippen LogP contribution >= 0.6 is 0 Å². The molecule has 1 saturated carbocycles. The number of hydrogen-bond acceptors (Lipinski definition) is 2. The maximum absolute atomic E-state index is 12.3. The number of nitrogens with zero attached hydrogens (tertiary/aromatic N) is 1. The summed E-state index contributed by atoms with van der Waals surface area (Å²) in [6.45, 7) is 5.91. The highest BCUT2D eigenvalue weighted by molar-refractivity contribution is 5.94. The first-order chi connectivity index (χ1) is 14.2. The van der Waals surface area contributed by atoms with Crippen molar-refractivity contribution in [2.24, 2.45) is 0 Å². The van der Waals surface area contributed by atoms with E-state index in [0.29, 0.717) is 12.0 Å². The summed E-state index contributed by atoms with van der Waals surface area (Å²) in [4.78, 5) is 18.4. The second kappa shape index (κ2) is 9.66. The fourth-order valence-electron chi connectivity index (χ4n) is 5.03. The molecule has 1 saturated heterocycles. The highest BCUT2D eigenvalue weighted by Crippen LogP contribution is 2.34. The van der Waals surface area contributed by atoms with Crippen molar-refractivity contribution in [1.82, 2.24) is 15.2 Å². The Morgan fingerprint density at radius 3 is 2.69 bits per heavy atom. The Kier molecular flexibility index (Phi) is 6.75. The van der Waals surface area contributed by atoms with E-state index in [1.165, 1.54) is 75.5 Å². The lowest BCUT2D eigenvalue weighted by molar-refractivity contribution is 0.209. The summed E-state index contributed by atoms with van der Waals surface area (Å²) in [5.41, 5.74) is 3.45. The molecule has 1 aliphatic heterocycles. The number of benzene rings is 1. The number of anilines is 1. The van der Waals surface area contributed by atoms with Crippen molar-refractivity contribution >= 4 is 22.6 Å². The topological polar surface area (TPSA) is 60.2 Å². The van der Waals surface area contributed by atoms with Crippen LogP contribution in [-0.4, -0.2) is 41.6 Å². The lowest BCUT2D eigenvalue weighted by Gasteiger charge is -2.32. The molecule has 1 aliphatic carbocycles. The first-order valence-corrected chi connectivity index (χ1v) is 11.6. The summed E-state index contributed by atoms with van der Waals surface area (Å²) in [5, 5.41) is 7.41. The van der Waals surface area contributed by atoms with Crippen LogP contribution in [0, 0.1) is 0 Å². The van der Waals surface area contributed by atoms with Gasteiger partial charge in [0.05, 0.1) is 0 Å². The van der Waals surface area contributed by atoms with Crippen molar-refractivity contribution in [1.29, 1.82) is 0 Å². The lowest BCUT2D eigenvalue weighted by Crippen LogP contribution is -2.36. The summed E-state index contributed by atoms with van der Waals surface area (Å²) in [7, 11) is 0. The minimum Gasteiger partial charge on any atom is -0.361 e. The van der Waals surface area contributed by atoms with Crippen LogP contribution in [-0.2, 0) is 0 Å². The average molecular weight is 397 g/mol. The van der Waals surface area contributed by atoms with E-state index >= 15 is 0 Å². The minimum absolute atomic E-state index is 0.0753. The summed E-state index contributed by atoms with van der Waals surface area (Å²) < 4.78 is 0. The third kappa shape index (κ3) is 5.13. The molecule has 2 fully saturated rings. The number of H-pyrrole nitrogens is 1. The van der Waals surface area contributed by atoms with E-state index in [2.05, 4.69) is 45.8 Å². The van der Waals surface area contributed by atoms with Crippen LogP contribution < -0.4 is 10.6 Å². The molecule has 2 aliphatic rings. The van der Waals surface area contributed by atoms with Crippen LogP contribution in [0.4, 0.5) is 10.5 Å². The molecule has 1 aromatic heterocycles. The average Bonchev–Trinajstić information content (AvgIpc) is 3.38. The number of aromatic nitrogens is 1. The number of aromatic amines is 1. The number of hydrogen-bond donors (Lipinski definition) is 3. The number of carbonyl (C=O) groups is 1. The monoisotopic (exact) mass is 396 g/mol. The van der Waals surface area contributed by atoms with Gasteiger partial charge in [-0.3, -0.25) is 0 Å². The van der Waals surface area contributed by atoms with E-state index in [4.69, 9.17) is 0 Å². The SMILES string of the molecule is CCCCCN1CCC(c2c[nH]c3ccc(NC(=O)NC4CCCC4)cc23)CC1. The van der Waals surface area contributed by atoms with Crippen molar-refractivity contribution in [2.45, 2.75) is 76.7 Å². The number of rotatable bonds is 7. The van der Waals surface area contributed by atoms with Crippen LogP contribution in [0.3, 0.4) is 0 Å². The van der Waals surface area contributed by atoms with Crippen molar-refractivity contribution in [3.05, 3.63) is 30.0 Å².